The largest absolute Gasteiger partial charge is 0.353 e. The molecule has 0 rings (SSSR count). The maximum Gasteiger partial charge on any atom is 0.353 e. The van der Waals surface area contributed by atoms with Gasteiger partial charge in [-0.05, 0) is 33.8 Å². The van der Waals surface area contributed by atoms with Crippen LogP contribution in [0, 0.1) is 0 Å². The van der Waals surface area contributed by atoms with Crippen LogP contribution in [0.4, 0.5) is 0 Å². The van der Waals surface area contributed by atoms with Gasteiger partial charge in [-0.3, -0.25) is 9.82 Å². The molecule has 6 heteroatoms. The van der Waals surface area contributed by atoms with Crippen molar-refractivity contribution >= 4 is 7.60 Å². The molecule has 0 aliphatic carbocycles. The predicted molar refractivity (Wildman–Crippen MR) is 57.8 cm³/mol. The highest BCUT2D eigenvalue weighted by Gasteiger charge is 2.22. The second kappa shape index (κ2) is 6.40. The molecule has 0 bridgehead atoms. The Labute approximate surface area is 90.5 Å². The molecule has 0 unspecified atom stereocenters. The highest BCUT2D eigenvalue weighted by atomic mass is 31.2. The van der Waals surface area contributed by atoms with Crippen molar-refractivity contribution in [3.05, 3.63) is 11.9 Å². The van der Waals surface area contributed by atoms with E-state index >= 15 is 0 Å². The summed E-state index contributed by atoms with van der Waals surface area (Å²) in [6, 6.07) is 0. The summed E-state index contributed by atoms with van der Waals surface area (Å²) >= 11 is 0. The van der Waals surface area contributed by atoms with Crippen LogP contribution in [0.15, 0.2) is 11.9 Å². The zero-order valence-corrected chi connectivity index (χ0v) is 10.5. The van der Waals surface area contributed by atoms with Crippen LogP contribution in [-0.2, 0) is 18.5 Å². The first-order valence-electron chi connectivity index (χ1n) is 4.81. The first kappa shape index (κ1) is 14.8. The third-order valence-corrected chi connectivity index (χ3v) is 3.26. The summed E-state index contributed by atoms with van der Waals surface area (Å²) in [5, 5.41) is 8.53. The van der Waals surface area contributed by atoms with E-state index in [9.17, 15) is 4.57 Å². The van der Waals surface area contributed by atoms with E-state index in [1.54, 1.807) is 27.7 Å². The van der Waals surface area contributed by atoms with E-state index < -0.39 is 13.2 Å². The van der Waals surface area contributed by atoms with E-state index in [0.717, 1.165) is 0 Å². The normalized spacial score (nSPS) is 13.7. The van der Waals surface area contributed by atoms with Crippen molar-refractivity contribution < 1.29 is 23.8 Å². The maximum absolute atomic E-state index is 11.9. The monoisotopic (exact) mass is 238 g/mol. The molecule has 15 heavy (non-hydrogen) atoms. The minimum atomic E-state index is -3.20. The second-order valence-corrected chi connectivity index (χ2v) is 5.28. The predicted octanol–water partition coefficient (Wildman–Crippen LogP) is 3.03. The molecule has 0 saturated carbocycles. The zero-order valence-electron chi connectivity index (χ0n) is 9.60. The van der Waals surface area contributed by atoms with Crippen LogP contribution in [0.3, 0.4) is 0 Å². The molecule has 0 aromatic carbocycles. The summed E-state index contributed by atoms with van der Waals surface area (Å²) in [6.45, 7) is 7.28. The molecule has 0 saturated heterocycles. The first-order chi connectivity index (χ1) is 6.89. The standard InChI is InChI=1S/C9H19O5P/c1-5-12-15(11,13-6-2)8-7-9(3,4)14-10/h7-8,10H,5-6H2,1-4H3/b8-7+. The minimum Gasteiger partial charge on any atom is -0.306 e. The molecular weight excluding hydrogens is 219 g/mol. The summed E-state index contributed by atoms with van der Waals surface area (Å²) in [7, 11) is -3.20. The van der Waals surface area contributed by atoms with Crippen molar-refractivity contribution in [2.24, 2.45) is 0 Å². The smallest absolute Gasteiger partial charge is 0.306 e. The van der Waals surface area contributed by atoms with E-state index in [1.165, 1.54) is 11.9 Å². The van der Waals surface area contributed by atoms with Crippen LogP contribution in [0.1, 0.15) is 27.7 Å². The molecular formula is C9H19O5P. The molecule has 0 fully saturated rings. The lowest BCUT2D eigenvalue weighted by Gasteiger charge is -2.17. The van der Waals surface area contributed by atoms with Gasteiger partial charge in [0, 0.05) is 5.82 Å². The fourth-order valence-electron chi connectivity index (χ4n) is 0.784. The summed E-state index contributed by atoms with van der Waals surface area (Å²) in [5.41, 5.74) is -0.913. The Kier molecular flexibility index (Phi) is 6.32. The third-order valence-electron chi connectivity index (χ3n) is 1.51. The lowest BCUT2D eigenvalue weighted by molar-refractivity contribution is -0.297. The summed E-state index contributed by atoms with van der Waals surface area (Å²) < 4.78 is 21.9. The number of rotatable bonds is 7. The molecule has 0 radical (unpaired) electrons. The molecule has 0 atom stereocenters. The third kappa shape index (κ3) is 6.07. The van der Waals surface area contributed by atoms with Gasteiger partial charge in [0.15, 0.2) is 0 Å². The molecule has 0 heterocycles. The van der Waals surface area contributed by atoms with Crippen molar-refractivity contribution in [3.8, 4) is 0 Å². The highest BCUT2D eigenvalue weighted by molar-refractivity contribution is 7.57. The topological polar surface area (TPSA) is 65.0 Å². The van der Waals surface area contributed by atoms with Crippen LogP contribution in [-0.4, -0.2) is 24.1 Å². The SMILES string of the molecule is CCOP(=O)(/C=C/C(C)(C)OO)OCC. The van der Waals surface area contributed by atoms with Crippen molar-refractivity contribution in [3.63, 3.8) is 0 Å². The Morgan fingerprint density at radius 2 is 1.73 bits per heavy atom. The van der Waals surface area contributed by atoms with Crippen LogP contribution in [0.5, 0.6) is 0 Å². The molecule has 0 amide bonds. The lowest BCUT2D eigenvalue weighted by atomic mass is 10.1. The van der Waals surface area contributed by atoms with Crippen LogP contribution >= 0.6 is 7.60 Å². The second-order valence-electron chi connectivity index (χ2n) is 3.39. The van der Waals surface area contributed by atoms with E-state index in [-0.39, 0.29) is 0 Å². The average molecular weight is 238 g/mol. The molecule has 1 N–H and O–H groups in total. The van der Waals surface area contributed by atoms with Crippen molar-refractivity contribution in [2.45, 2.75) is 33.3 Å². The zero-order chi connectivity index (χ0) is 11.9. The molecule has 90 valence electrons. The Morgan fingerprint density at radius 3 is 2.07 bits per heavy atom. The Morgan fingerprint density at radius 1 is 1.27 bits per heavy atom. The Bertz CT molecular complexity index is 239. The molecule has 0 aliphatic heterocycles. The van der Waals surface area contributed by atoms with Crippen molar-refractivity contribution in [1.82, 2.24) is 0 Å². The van der Waals surface area contributed by atoms with E-state index in [1.807, 2.05) is 0 Å². The first-order valence-corrected chi connectivity index (χ1v) is 6.42. The molecule has 0 aromatic heterocycles. The Balaban J connectivity index is 4.60. The van der Waals surface area contributed by atoms with Gasteiger partial charge in [0.2, 0.25) is 0 Å². The van der Waals surface area contributed by atoms with Gasteiger partial charge in [-0.1, -0.05) is 0 Å². The van der Waals surface area contributed by atoms with Crippen LogP contribution in [0.2, 0.25) is 0 Å². The Hall–Kier alpha value is -0.190. The van der Waals surface area contributed by atoms with E-state index in [4.69, 9.17) is 14.3 Å². The van der Waals surface area contributed by atoms with Gasteiger partial charge in [0.25, 0.3) is 0 Å². The van der Waals surface area contributed by atoms with Gasteiger partial charge in [0.1, 0.15) is 5.60 Å². The lowest BCUT2D eigenvalue weighted by Crippen LogP contribution is -2.18. The van der Waals surface area contributed by atoms with Crippen molar-refractivity contribution in [1.29, 1.82) is 0 Å². The van der Waals surface area contributed by atoms with Gasteiger partial charge < -0.3 is 9.05 Å². The minimum absolute atomic E-state index is 0.294. The summed E-state index contributed by atoms with van der Waals surface area (Å²) in [5.74, 6) is 1.30. The molecule has 0 spiro atoms. The highest BCUT2D eigenvalue weighted by Crippen LogP contribution is 2.50. The summed E-state index contributed by atoms with van der Waals surface area (Å²) in [6.07, 6.45) is 1.44. The number of hydrogen-bond donors (Lipinski definition) is 1. The van der Waals surface area contributed by atoms with Gasteiger partial charge in [-0.15, -0.1) is 0 Å². The molecule has 0 aliphatic rings. The van der Waals surface area contributed by atoms with Gasteiger partial charge in [-0.25, -0.2) is 4.89 Å². The fourth-order valence-corrected chi connectivity index (χ4v) is 2.29. The van der Waals surface area contributed by atoms with Crippen molar-refractivity contribution in [2.75, 3.05) is 13.2 Å². The molecule has 0 aromatic rings. The van der Waals surface area contributed by atoms with E-state index in [0.29, 0.717) is 13.2 Å². The fraction of sp³-hybridized carbons (Fsp3) is 0.778. The van der Waals surface area contributed by atoms with E-state index in [2.05, 4.69) is 4.89 Å². The molecule has 5 nitrogen and oxygen atoms in total. The number of hydrogen-bond acceptors (Lipinski definition) is 5. The maximum atomic E-state index is 11.9. The average Bonchev–Trinajstić information content (AvgIpc) is 2.16. The van der Waals surface area contributed by atoms with Gasteiger partial charge >= 0.3 is 7.60 Å². The van der Waals surface area contributed by atoms with Gasteiger partial charge in [0.05, 0.1) is 13.2 Å². The van der Waals surface area contributed by atoms with Crippen LogP contribution in [0.25, 0.3) is 0 Å². The summed E-state index contributed by atoms with van der Waals surface area (Å²) in [4.78, 5) is 4.17. The quantitative estimate of drug-likeness (QED) is 0.419. The van der Waals surface area contributed by atoms with Gasteiger partial charge in [-0.2, -0.15) is 0 Å². The van der Waals surface area contributed by atoms with Crippen LogP contribution < -0.4 is 0 Å².